The quantitative estimate of drug-likeness (QED) is 0.730. The fraction of sp³-hybridized carbons (Fsp3) is 0.250. The fourth-order valence-electron chi connectivity index (χ4n) is 2.74. The molecule has 6 nitrogen and oxygen atoms in total. The molecular weight excluding hydrogens is 278 g/mol. The van der Waals surface area contributed by atoms with Gasteiger partial charge in [-0.15, -0.1) is 0 Å². The van der Waals surface area contributed by atoms with Gasteiger partial charge in [-0.25, -0.2) is 4.98 Å². The Morgan fingerprint density at radius 1 is 1.00 bits per heavy atom. The SMILES string of the molecule is Nc1ccc2oc(N3CCN(c4ccccn4)CC3)nc2c1. The molecule has 22 heavy (non-hydrogen) atoms. The lowest BCUT2D eigenvalue weighted by molar-refractivity contribution is 0.540. The van der Waals surface area contributed by atoms with Gasteiger partial charge in [0.1, 0.15) is 11.3 Å². The van der Waals surface area contributed by atoms with E-state index >= 15 is 0 Å². The lowest BCUT2D eigenvalue weighted by Gasteiger charge is -2.34. The van der Waals surface area contributed by atoms with Crippen molar-refractivity contribution in [3.8, 4) is 0 Å². The van der Waals surface area contributed by atoms with E-state index in [2.05, 4.69) is 19.8 Å². The summed E-state index contributed by atoms with van der Waals surface area (Å²) in [6.45, 7) is 3.52. The highest BCUT2D eigenvalue weighted by atomic mass is 16.4. The van der Waals surface area contributed by atoms with Gasteiger partial charge in [0.05, 0.1) is 0 Å². The van der Waals surface area contributed by atoms with Crippen LogP contribution in [0.3, 0.4) is 0 Å². The Bertz CT molecular complexity index is 778. The zero-order valence-corrected chi connectivity index (χ0v) is 12.1. The minimum Gasteiger partial charge on any atom is -0.423 e. The Hall–Kier alpha value is -2.76. The van der Waals surface area contributed by atoms with Gasteiger partial charge >= 0.3 is 0 Å². The first-order valence-corrected chi connectivity index (χ1v) is 7.36. The van der Waals surface area contributed by atoms with E-state index in [1.807, 2.05) is 42.6 Å². The second-order valence-electron chi connectivity index (χ2n) is 5.39. The Morgan fingerprint density at radius 3 is 2.59 bits per heavy atom. The van der Waals surface area contributed by atoms with Crippen LogP contribution in [0.5, 0.6) is 0 Å². The molecule has 0 amide bonds. The summed E-state index contributed by atoms with van der Waals surface area (Å²) in [7, 11) is 0. The molecule has 2 N–H and O–H groups in total. The zero-order chi connectivity index (χ0) is 14.9. The highest BCUT2D eigenvalue weighted by molar-refractivity contribution is 5.78. The summed E-state index contributed by atoms with van der Waals surface area (Å²) in [5.74, 6) is 1.02. The maximum absolute atomic E-state index is 5.83. The van der Waals surface area contributed by atoms with Crippen molar-refractivity contribution in [3.05, 3.63) is 42.6 Å². The molecular formula is C16H17N5O. The van der Waals surface area contributed by atoms with Crippen molar-refractivity contribution in [2.75, 3.05) is 41.7 Å². The molecule has 3 heterocycles. The largest absolute Gasteiger partial charge is 0.423 e. The topological polar surface area (TPSA) is 71.4 Å². The molecule has 0 aliphatic carbocycles. The monoisotopic (exact) mass is 295 g/mol. The average Bonchev–Trinajstić information content (AvgIpc) is 2.99. The molecule has 2 aromatic heterocycles. The summed E-state index contributed by atoms with van der Waals surface area (Å²) in [5.41, 5.74) is 8.07. The van der Waals surface area contributed by atoms with E-state index in [1.165, 1.54) is 0 Å². The third-order valence-electron chi connectivity index (χ3n) is 3.92. The van der Waals surface area contributed by atoms with Gasteiger partial charge in [0.2, 0.25) is 0 Å². The highest BCUT2D eigenvalue weighted by Gasteiger charge is 2.21. The first kappa shape index (κ1) is 12.9. The number of benzene rings is 1. The normalized spacial score (nSPS) is 15.5. The number of nitrogen functional groups attached to an aromatic ring is 1. The molecule has 1 aromatic carbocycles. The second-order valence-corrected chi connectivity index (χ2v) is 5.39. The van der Waals surface area contributed by atoms with Gasteiger partial charge in [-0.2, -0.15) is 4.98 Å². The van der Waals surface area contributed by atoms with Crippen LogP contribution < -0.4 is 15.5 Å². The number of hydrogen-bond acceptors (Lipinski definition) is 6. The van der Waals surface area contributed by atoms with Crippen molar-refractivity contribution >= 4 is 28.6 Å². The molecule has 6 heteroatoms. The summed E-state index contributed by atoms with van der Waals surface area (Å²) in [6.07, 6.45) is 1.83. The standard InChI is InChI=1S/C16H17N5O/c17-12-4-5-14-13(11-12)19-16(22-14)21-9-7-20(8-10-21)15-3-1-2-6-18-15/h1-6,11H,7-10,17H2. The number of piperazine rings is 1. The molecule has 0 saturated carbocycles. The van der Waals surface area contributed by atoms with Crippen LogP contribution in [0, 0.1) is 0 Å². The first-order valence-electron chi connectivity index (χ1n) is 7.36. The van der Waals surface area contributed by atoms with Gasteiger partial charge in [-0.05, 0) is 30.3 Å². The Balaban J connectivity index is 1.50. The van der Waals surface area contributed by atoms with E-state index in [4.69, 9.17) is 10.2 Å². The van der Waals surface area contributed by atoms with Crippen molar-refractivity contribution in [3.63, 3.8) is 0 Å². The third-order valence-corrected chi connectivity index (χ3v) is 3.92. The third kappa shape index (κ3) is 2.32. The van der Waals surface area contributed by atoms with Gasteiger partial charge in [0.15, 0.2) is 5.58 Å². The van der Waals surface area contributed by atoms with Crippen LogP contribution in [-0.2, 0) is 0 Å². The number of oxazole rings is 1. The number of nitrogens with two attached hydrogens (primary N) is 1. The number of hydrogen-bond donors (Lipinski definition) is 1. The van der Waals surface area contributed by atoms with Crippen LogP contribution in [0.15, 0.2) is 47.0 Å². The number of aromatic nitrogens is 2. The maximum Gasteiger partial charge on any atom is 0.298 e. The highest BCUT2D eigenvalue weighted by Crippen LogP contribution is 2.25. The Morgan fingerprint density at radius 2 is 1.82 bits per heavy atom. The Kier molecular flexibility index (Phi) is 3.07. The van der Waals surface area contributed by atoms with Crippen LogP contribution in [0.25, 0.3) is 11.1 Å². The molecule has 0 atom stereocenters. The van der Waals surface area contributed by atoms with E-state index in [0.29, 0.717) is 11.7 Å². The molecule has 4 rings (SSSR count). The van der Waals surface area contributed by atoms with Crippen molar-refractivity contribution in [2.45, 2.75) is 0 Å². The summed E-state index contributed by atoms with van der Waals surface area (Å²) in [5, 5.41) is 0. The molecule has 1 saturated heterocycles. The molecule has 0 radical (unpaired) electrons. The average molecular weight is 295 g/mol. The molecule has 0 bridgehead atoms. The van der Waals surface area contributed by atoms with Gasteiger partial charge in [0.25, 0.3) is 6.01 Å². The molecule has 1 fully saturated rings. The van der Waals surface area contributed by atoms with E-state index < -0.39 is 0 Å². The van der Waals surface area contributed by atoms with Gasteiger partial charge in [-0.1, -0.05) is 6.07 Å². The number of nitrogens with zero attached hydrogens (tertiary/aromatic N) is 4. The second kappa shape index (κ2) is 5.22. The molecule has 0 unspecified atom stereocenters. The lowest BCUT2D eigenvalue weighted by Crippen LogP contribution is -2.46. The van der Waals surface area contributed by atoms with Gasteiger partial charge < -0.3 is 20.0 Å². The smallest absolute Gasteiger partial charge is 0.298 e. The van der Waals surface area contributed by atoms with Crippen LogP contribution in [0.1, 0.15) is 0 Å². The van der Waals surface area contributed by atoms with E-state index in [0.717, 1.165) is 43.1 Å². The lowest BCUT2D eigenvalue weighted by atomic mass is 10.3. The number of pyridine rings is 1. The predicted molar refractivity (Wildman–Crippen MR) is 87.1 cm³/mol. The van der Waals surface area contributed by atoms with Crippen LogP contribution in [0.4, 0.5) is 17.5 Å². The number of fused-ring (bicyclic) bond motifs is 1. The van der Waals surface area contributed by atoms with E-state index in [-0.39, 0.29) is 0 Å². The summed E-state index contributed by atoms with van der Waals surface area (Å²) in [6, 6.07) is 12.2. The molecule has 112 valence electrons. The van der Waals surface area contributed by atoms with E-state index in [1.54, 1.807) is 0 Å². The van der Waals surface area contributed by atoms with Crippen molar-refractivity contribution in [2.24, 2.45) is 0 Å². The van der Waals surface area contributed by atoms with Crippen molar-refractivity contribution in [1.29, 1.82) is 0 Å². The van der Waals surface area contributed by atoms with Gasteiger partial charge in [0, 0.05) is 38.1 Å². The molecule has 1 aliphatic rings. The van der Waals surface area contributed by atoms with Crippen molar-refractivity contribution < 1.29 is 4.42 Å². The summed E-state index contributed by atoms with van der Waals surface area (Å²) < 4.78 is 5.83. The maximum atomic E-state index is 5.83. The molecule has 1 aliphatic heterocycles. The van der Waals surface area contributed by atoms with Crippen LogP contribution in [0.2, 0.25) is 0 Å². The molecule has 0 spiro atoms. The Labute approximate surface area is 128 Å². The van der Waals surface area contributed by atoms with Gasteiger partial charge in [-0.3, -0.25) is 0 Å². The number of rotatable bonds is 2. The van der Waals surface area contributed by atoms with Crippen LogP contribution >= 0.6 is 0 Å². The first-order chi connectivity index (χ1) is 10.8. The predicted octanol–water partition coefficient (Wildman–Crippen LogP) is 2.13. The number of anilines is 3. The minimum atomic E-state index is 0.668. The zero-order valence-electron chi connectivity index (χ0n) is 12.1. The summed E-state index contributed by atoms with van der Waals surface area (Å²) in [4.78, 5) is 13.4. The van der Waals surface area contributed by atoms with E-state index in [9.17, 15) is 0 Å². The minimum absolute atomic E-state index is 0.668. The summed E-state index contributed by atoms with van der Waals surface area (Å²) >= 11 is 0. The fourth-order valence-corrected chi connectivity index (χ4v) is 2.74. The van der Waals surface area contributed by atoms with Crippen molar-refractivity contribution in [1.82, 2.24) is 9.97 Å². The van der Waals surface area contributed by atoms with Crippen LogP contribution in [-0.4, -0.2) is 36.1 Å². The molecule has 3 aromatic rings.